The van der Waals surface area contributed by atoms with Gasteiger partial charge in [-0.15, -0.1) is 0 Å². The molecule has 3 N–H and O–H groups in total. The average molecular weight is 335 g/mol. The molecule has 1 aliphatic carbocycles. The highest BCUT2D eigenvalue weighted by Crippen LogP contribution is 2.25. The number of hydrogen-bond acceptors (Lipinski definition) is 4. The van der Waals surface area contributed by atoms with E-state index in [0.717, 1.165) is 44.5 Å². The standard InChI is InChI=1S/C18H29N3O3/c22-13-14-5-7-15(8-6-14)20-18(23)19-12-16(17-4-3-11-24-17)21-9-1-2-10-21/h3-4,11,14-16,22H,1-2,5-10,12-13H2,(H2,19,20,23). The molecule has 1 atom stereocenters. The Hall–Kier alpha value is -1.53. The lowest BCUT2D eigenvalue weighted by atomic mass is 9.87. The minimum Gasteiger partial charge on any atom is -0.468 e. The monoisotopic (exact) mass is 335 g/mol. The summed E-state index contributed by atoms with van der Waals surface area (Å²) in [5, 5.41) is 15.3. The van der Waals surface area contributed by atoms with Crippen LogP contribution >= 0.6 is 0 Å². The molecule has 6 nitrogen and oxygen atoms in total. The summed E-state index contributed by atoms with van der Waals surface area (Å²) in [5.41, 5.74) is 0. The van der Waals surface area contributed by atoms with Crippen molar-refractivity contribution in [1.82, 2.24) is 15.5 Å². The summed E-state index contributed by atoms with van der Waals surface area (Å²) in [6.45, 7) is 2.94. The summed E-state index contributed by atoms with van der Waals surface area (Å²) in [4.78, 5) is 14.6. The lowest BCUT2D eigenvalue weighted by molar-refractivity contribution is 0.173. The first-order chi connectivity index (χ1) is 11.8. The summed E-state index contributed by atoms with van der Waals surface area (Å²) < 4.78 is 5.58. The topological polar surface area (TPSA) is 77.7 Å². The lowest BCUT2D eigenvalue weighted by Crippen LogP contribution is -2.46. The molecule has 2 amide bonds. The highest BCUT2D eigenvalue weighted by atomic mass is 16.3. The Labute approximate surface area is 143 Å². The van der Waals surface area contributed by atoms with Crippen molar-refractivity contribution >= 4 is 6.03 Å². The van der Waals surface area contributed by atoms with Gasteiger partial charge < -0.3 is 20.2 Å². The van der Waals surface area contributed by atoms with Crippen LogP contribution in [0.4, 0.5) is 4.79 Å². The summed E-state index contributed by atoms with van der Waals surface area (Å²) >= 11 is 0. The molecule has 1 unspecified atom stereocenters. The van der Waals surface area contributed by atoms with Gasteiger partial charge in [0.15, 0.2) is 0 Å². The SMILES string of the molecule is O=C(NCC(c1ccco1)N1CCCC1)NC1CCC(CO)CC1. The smallest absolute Gasteiger partial charge is 0.315 e. The predicted molar refractivity (Wildman–Crippen MR) is 91.6 cm³/mol. The zero-order valence-corrected chi connectivity index (χ0v) is 14.2. The van der Waals surface area contributed by atoms with Gasteiger partial charge in [0, 0.05) is 19.2 Å². The van der Waals surface area contributed by atoms with E-state index in [2.05, 4.69) is 15.5 Å². The second-order valence-corrected chi connectivity index (χ2v) is 7.03. The molecule has 6 heteroatoms. The van der Waals surface area contributed by atoms with E-state index >= 15 is 0 Å². The number of nitrogens with one attached hydrogen (secondary N) is 2. The van der Waals surface area contributed by atoms with Crippen molar-refractivity contribution in [2.45, 2.75) is 50.6 Å². The number of urea groups is 1. The molecule has 1 aromatic rings. The van der Waals surface area contributed by atoms with E-state index in [1.165, 1.54) is 12.8 Å². The van der Waals surface area contributed by atoms with Crippen LogP contribution in [0.15, 0.2) is 22.8 Å². The van der Waals surface area contributed by atoms with Crippen LogP contribution in [0.1, 0.15) is 50.3 Å². The first-order valence-corrected chi connectivity index (χ1v) is 9.19. The number of hydrogen-bond donors (Lipinski definition) is 3. The van der Waals surface area contributed by atoms with Gasteiger partial charge in [-0.1, -0.05) is 0 Å². The number of carbonyl (C=O) groups is 1. The van der Waals surface area contributed by atoms with Crippen LogP contribution in [0.3, 0.4) is 0 Å². The number of aliphatic hydroxyl groups excluding tert-OH is 1. The molecule has 0 radical (unpaired) electrons. The fourth-order valence-corrected chi connectivity index (χ4v) is 3.86. The third kappa shape index (κ3) is 4.51. The Balaban J connectivity index is 1.46. The van der Waals surface area contributed by atoms with E-state index in [1.54, 1.807) is 6.26 Å². The van der Waals surface area contributed by atoms with Crippen molar-refractivity contribution in [3.05, 3.63) is 24.2 Å². The van der Waals surface area contributed by atoms with Gasteiger partial charge in [-0.3, -0.25) is 4.90 Å². The van der Waals surface area contributed by atoms with Gasteiger partial charge in [-0.2, -0.15) is 0 Å². The largest absolute Gasteiger partial charge is 0.468 e. The van der Waals surface area contributed by atoms with Crippen LogP contribution in [0.2, 0.25) is 0 Å². The van der Waals surface area contributed by atoms with Crippen LogP contribution in [0.5, 0.6) is 0 Å². The van der Waals surface area contributed by atoms with Crippen molar-refractivity contribution in [2.24, 2.45) is 5.92 Å². The van der Waals surface area contributed by atoms with Crippen molar-refractivity contribution in [1.29, 1.82) is 0 Å². The predicted octanol–water partition coefficient (Wildman–Crippen LogP) is 2.27. The van der Waals surface area contributed by atoms with E-state index < -0.39 is 0 Å². The average Bonchev–Trinajstić information content (AvgIpc) is 3.30. The number of nitrogens with zero attached hydrogens (tertiary/aromatic N) is 1. The van der Waals surface area contributed by atoms with Crippen molar-refractivity contribution in [3.8, 4) is 0 Å². The first kappa shape index (κ1) is 17.3. The van der Waals surface area contributed by atoms with E-state index in [9.17, 15) is 9.90 Å². The Morgan fingerprint density at radius 3 is 2.67 bits per heavy atom. The van der Waals surface area contributed by atoms with Gasteiger partial charge in [0.2, 0.25) is 0 Å². The number of aliphatic hydroxyl groups is 1. The minimum absolute atomic E-state index is 0.0989. The highest BCUT2D eigenvalue weighted by molar-refractivity contribution is 5.74. The van der Waals surface area contributed by atoms with Crippen molar-refractivity contribution < 1.29 is 14.3 Å². The minimum atomic E-state index is -0.0989. The molecule has 2 fully saturated rings. The van der Waals surface area contributed by atoms with Gasteiger partial charge in [0.05, 0.1) is 12.3 Å². The summed E-state index contributed by atoms with van der Waals surface area (Å²) in [6, 6.07) is 4.12. The molecule has 1 saturated carbocycles. The van der Waals surface area contributed by atoms with E-state index in [4.69, 9.17) is 4.42 Å². The zero-order valence-electron chi connectivity index (χ0n) is 14.2. The molecule has 3 rings (SSSR count). The maximum Gasteiger partial charge on any atom is 0.315 e. The maximum absolute atomic E-state index is 12.2. The molecular weight excluding hydrogens is 306 g/mol. The van der Waals surface area contributed by atoms with E-state index in [0.29, 0.717) is 12.5 Å². The third-order valence-corrected chi connectivity index (χ3v) is 5.35. The fraction of sp³-hybridized carbons (Fsp3) is 0.722. The number of carbonyl (C=O) groups excluding carboxylic acids is 1. The normalized spacial score (nSPS) is 26.2. The molecule has 24 heavy (non-hydrogen) atoms. The fourth-order valence-electron chi connectivity index (χ4n) is 3.86. The molecule has 1 aliphatic heterocycles. The van der Waals surface area contributed by atoms with Crippen LogP contribution in [-0.2, 0) is 0 Å². The Bertz CT molecular complexity index is 492. The third-order valence-electron chi connectivity index (χ3n) is 5.35. The summed E-state index contributed by atoms with van der Waals surface area (Å²) in [5.74, 6) is 1.32. The van der Waals surface area contributed by atoms with Crippen LogP contribution in [0, 0.1) is 5.92 Å². The van der Waals surface area contributed by atoms with Gasteiger partial charge in [0.1, 0.15) is 5.76 Å². The Kier molecular flexibility index (Phi) is 6.15. The maximum atomic E-state index is 12.2. The molecule has 0 bridgehead atoms. The molecular formula is C18H29N3O3. The van der Waals surface area contributed by atoms with Gasteiger partial charge in [-0.25, -0.2) is 4.79 Å². The summed E-state index contributed by atoms with van der Waals surface area (Å²) in [6.07, 6.45) is 7.99. The summed E-state index contributed by atoms with van der Waals surface area (Å²) in [7, 11) is 0. The molecule has 1 saturated heterocycles. The number of rotatable bonds is 6. The first-order valence-electron chi connectivity index (χ1n) is 9.19. The van der Waals surface area contributed by atoms with Crippen LogP contribution in [0.25, 0.3) is 0 Å². The van der Waals surface area contributed by atoms with E-state index in [1.807, 2.05) is 12.1 Å². The van der Waals surface area contributed by atoms with Gasteiger partial charge in [0.25, 0.3) is 0 Å². The molecule has 0 spiro atoms. The number of likely N-dealkylation sites (tertiary alicyclic amines) is 1. The van der Waals surface area contributed by atoms with E-state index in [-0.39, 0.29) is 24.7 Å². The van der Waals surface area contributed by atoms with Gasteiger partial charge >= 0.3 is 6.03 Å². The van der Waals surface area contributed by atoms with Gasteiger partial charge in [-0.05, 0) is 69.7 Å². The Morgan fingerprint density at radius 1 is 1.29 bits per heavy atom. The lowest BCUT2D eigenvalue weighted by Gasteiger charge is -2.29. The highest BCUT2D eigenvalue weighted by Gasteiger charge is 2.27. The van der Waals surface area contributed by atoms with Crippen LogP contribution in [-0.4, -0.2) is 48.3 Å². The van der Waals surface area contributed by atoms with Crippen LogP contribution < -0.4 is 10.6 Å². The molecule has 2 heterocycles. The second-order valence-electron chi connectivity index (χ2n) is 7.03. The Morgan fingerprint density at radius 2 is 2.04 bits per heavy atom. The molecule has 0 aromatic carbocycles. The number of amides is 2. The molecule has 2 aliphatic rings. The molecule has 134 valence electrons. The van der Waals surface area contributed by atoms with Crippen molar-refractivity contribution in [3.63, 3.8) is 0 Å². The zero-order chi connectivity index (χ0) is 16.8. The molecule has 1 aromatic heterocycles. The van der Waals surface area contributed by atoms with Crippen molar-refractivity contribution in [2.75, 3.05) is 26.2 Å². The number of furan rings is 1. The quantitative estimate of drug-likeness (QED) is 0.745. The second kappa shape index (κ2) is 8.53.